The summed E-state index contributed by atoms with van der Waals surface area (Å²) in [6, 6.07) is 12.1. The van der Waals surface area contributed by atoms with Crippen LogP contribution in [0.15, 0.2) is 36.4 Å². The minimum atomic E-state index is -0.00859. The molecule has 0 spiro atoms. The maximum Gasteiger partial charge on any atom is 2.00 e. The van der Waals surface area contributed by atoms with Crippen LogP contribution in [0.3, 0.4) is 0 Å². The normalized spacial score (nSPS) is 11.8. The molecule has 2 nitrogen and oxygen atoms in total. The van der Waals surface area contributed by atoms with E-state index in [1.807, 2.05) is 36.4 Å². The van der Waals surface area contributed by atoms with Crippen molar-refractivity contribution in [3.05, 3.63) is 73.5 Å². The maximum atomic E-state index is 10.3. The van der Waals surface area contributed by atoms with Crippen LogP contribution in [0.2, 0.25) is 0 Å². The molecule has 3 heteroatoms. The molecule has 0 unspecified atom stereocenters. The topological polar surface area (TPSA) is 40.5 Å². The summed E-state index contributed by atoms with van der Waals surface area (Å²) in [7, 11) is 0. The molecular formula is C30H50O2Ti. The third-order valence-electron chi connectivity index (χ3n) is 5.30. The van der Waals surface area contributed by atoms with Crippen molar-refractivity contribution in [2.24, 2.45) is 0 Å². The van der Waals surface area contributed by atoms with Crippen molar-refractivity contribution in [2.75, 3.05) is 0 Å². The van der Waals surface area contributed by atoms with Gasteiger partial charge in [-0.05, 0) is 43.9 Å². The Morgan fingerprint density at radius 2 is 0.576 bits per heavy atom. The monoisotopic (exact) mass is 490 g/mol. The third kappa shape index (κ3) is 9.87. The zero-order valence-corrected chi connectivity index (χ0v) is 25.4. The average molecular weight is 491 g/mol. The van der Waals surface area contributed by atoms with Crippen LogP contribution >= 0.6 is 0 Å². The Morgan fingerprint density at radius 3 is 0.697 bits per heavy atom. The predicted molar refractivity (Wildman–Crippen MR) is 144 cm³/mol. The van der Waals surface area contributed by atoms with Gasteiger partial charge in [0.1, 0.15) is 11.5 Å². The van der Waals surface area contributed by atoms with Crippen molar-refractivity contribution in [1.29, 1.82) is 0 Å². The van der Waals surface area contributed by atoms with Crippen LogP contribution in [0.1, 0.15) is 105 Å². The van der Waals surface area contributed by atoms with Crippen LogP contribution in [0.5, 0.6) is 11.5 Å². The van der Waals surface area contributed by atoms with E-state index < -0.39 is 0 Å². The Balaban J connectivity index is -0.000000500. The van der Waals surface area contributed by atoms with E-state index in [2.05, 4.69) is 83.1 Å². The molecule has 0 aliphatic heterocycles. The van der Waals surface area contributed by atoms with Gasteiger partial charge in [-0.15, -0.1) is 0 Å². The van der Waals surface area contributed by atoms with Crippen LogP contribution < -0.4 is 0 Å². The van der Waals surface area contributed by atoms with Gasteiger partial charge in [0.05, 0.1) is 0 Å². The molecule has 0 saturated heterocycles. The fourth-order valence-corrected chi connectivity index (χ4v) is 3.51. The Hall–Kier alpha value is -1.25. The van der Waals surface area contributed by atoms with Crippen molar-refractivity contribution < 1.29 is 31.9 Å². The van der Waals surface area contributed by atoms with Gasteiger partial charge in [0.25, 0.3) is 0 Å². The molecule has 33 heavy (non-hydrogen) atoms. The van der Waals surface area contributed by atoms with Crippen molar-refractivity contribution in [3.63, 3.8) is 0 Å². The molecule has 0 amide bonds. The fourth-order valence-electron chi connectivity index (χ4n) is 3.51. The van der Waals surface area contributed by atoms with E-state index >= 15 is 0 Å². The molecule has 186 valence electrons. The first-order chi connectivity index (χ1) is 13.3. The summed E-state index contributed by atoms with van der Waals surface area (Å²) in [4.78, 5) is 0. The maximum absolute atomic E-state index is 10.3. The zero-order chi connectivity index (χ0) is 23.7. The van der Waals surface area contributed by atoms with Crippen molar-refractivity contribution in [3.8, 4) is 11.5 Å². The fraction of sp³-hybridized carbons (Fsp3) is 0.533. The molecule has 0 heterocycles. The van der Waals surface area contributed by atoms with Gasteiger partial charge in [0.15, 0.2) is 0 Å². The van der Waals surface area contributed by atoms with Crippen molar-refractivity contribution >= 4 is 0 Å². The molecule has 2 aromatic carbocycles. The van der Waals surface area contributed by atoms with Gasteiger partial charge in [-0.3, -0.25) is 0 Å². The van der Waals surface area contributed by atoms with E-state index in [-0.39, 0.29) is 58.2 Å². The van der Waals surface area contributed by atoms with Crippen LogP contribution in [0.4, 0.5) is 0 Å². The molecule has 0 aliphatic carbocycles. The Kier molecular flexibility index (Phi) is 13.7. The molecule has 0 bridgehead atoms. The van der Waals surface area contributed by atoms with Gasteiger partial charge in [-0.1, -0.05) is 119 Å². The van der Waals surface area contributed by atoms with E-state index in [1.165, 1.54) is 0 Å². The van der Waals surface area contributed by atoms with Crippen LogP contribution in [0.25, 0.3) is 0 Å². The van der Waals surface area contributed by atoms with E-state index in [0.29, 0.717) is 11.5 Å². The number of benzene rings is 2. The van der Waals surface area contributed by atoms with E-state index in [1.54, 1.807) is 0 Å². The minimum absolute atomic E-state index is 0. The number of hydrogen-bond acceptors (Lipinski definition) is 2. The summed E-state index contributed by atoms with van der Waals surface area (Å²) in [6.45, 7) is 25.4. The standard InChI is InChI=1S/2C14H22O.2CH3.Ti/c2*1-13(2,3)10-8-7-9-11(12(10)15)14(4,5)6;;;/h2*7-9,15H,1-6H3;2*1H3;/q;;2*-1;+2. The number of phenolic OH excluding ortho intramolecular Hbond substituents is 2. The molecule has 0 aliphatic rings. The number of phenols is 2. The summed E-state index contributed by atoms with van der Waals surface area (Å²) in [5.41, 5.74) is 4.06. The molecule has 2 N–H and O–H groups in total. The first-order valence-corrected chi connectivity index (χ1v) is 10.9. The SMILES string of the molecule is CC(C)(C)c1cccc(C(C)(C)C)c1O.CC(C)(C)c1cccc(C(C)(C)C)c1O.[CH3-].[CH3-].[Ti+2]. The summed E-state index contributed by atoms with van der Waals surface area (Å²) < 4.78 is 0. The molecule has 0 fully saturated rings. The molecular weight excluding hydrogens is 440 g/mol. The first-order valence-electron chi connectivity index (χ1n) is 10.9. The number of para-hydroxylation sites is 2. The van der Waals surface area contributed by atoms with Crippen LogP contribution in [-0.2, 0) is 43.4 Å². The van der Waals surface area contributed by atoms with E-state index in [9.17, 15) is 10.2 Å². The molecule has 2 rings (SSSR count). The Labute approximate surface area is 221 Å². The third-order valence-corrected chi connectivity index (χ3v) is 5.30. The summed E-state index contributed by atoms with van der Waals surface area (Å²) in [6.07, 6.45) is 0. The van der Waals surface area contributed by atoms with Crippen LogP contribution in [0, 0.1) is 14.9 Å². The Bertz CT molecular complexity index is 717. The number of hydrogen-bond donors (Lipinski definition) is 2. The van der Waals surface area contributed by atoms with Gasteiger partial charge >= 0.3 is 21.7 Å². The minimum Gasteiger partial charge on any atom is -0.507 e. The summed E-state index contributed by atoms with van der Waals surface area (Å²) in [5, 5.41) is 20.5. The molecule has 0 radical (unpaired) electrons. The molecule has 0 atom stereocenters. The average Bonchev–Trinajstić information content (AvgIpc) is 2.51. The van der Waals surface area contributed by atoms with Gasteiger partial charge in [-0.25, -0.2) is 0 Å². The smallest absolute Gasteiger partial charge is 0.507 e. The Morgan fingerprint density at radius 1 is 0.424 bits per heavy atom. The second-order valence-corrected chi connectivity index (χ2v) is 12.4. The largest absolute Gasteiger partial charge is 2.00 e. The number of rotatable bonds is 0. The first kappa shape index (κ1) is 36.3. The number of aromatic hydroxyl groups is 2. The molecule has 0 saturated carbocycles. The van der Waals surface area contributed by atoms with Crippen molar-refractivity contribution in [1.82, 2.24) is 0 Å². The van der Waals surface area contributed by atoms with Gasteiger partial charge in [0, 0.05) is 0 Å². The quantitative estimate of drug-likeness (QED) is 0.286. The molecule has 2 aromatic rings. The van der Waals surface area contributed by atoms with E-state index in [4.69, 9.17) is 0 Å². The van der Waals surface area contributed by atoms with Crippen molar-refractivity contribution in [2.45, 2.75) is 105 Å². The van der Waals surface area contributed by atoms with Crippen LogP contribution in [-0.4, -0.2) is 10.2 Å². The van der Waals surface area contributed by atoms with E-state index in [0.717, 1.165) is 22.3 Å². The summed E-state index contributed by atoms with van der Waals surface area (Å²) in [5.74, 6) is 0.912. The predicted octanol–water partition coefficient (Wildman–Crippen LogP) is 8.87. The zero-order valence-electron chi connectivity index (χ0n) is 23.9. The summed E-state index contributed by atoms with van der Waals surface area (Å²) >= 11 is 0. The molecule has 0 aromatic heterocycles. The van der Waals surface area contributed by atoms with Gasteiger partial charge in [0.2, 0.25) is 0 Å². The second-order valence-electron chi connectivity index (χ2n) is 12.4. The van der Waals surface area contributed by atoms with Gasteiger partial charge in [-0.2, -0.15) is 0 Å². The second kappa shape index (κ2) is 12.5. The van der Waals surface area contributed by atoms with Gasteiger partial charge < -0.3 is 25.1 Å².